The lowest BCUT2D eigenvalue weighted by molar-refractivity contribution is -0.123. The molecule has 0 spiro atoms. The monoisotopic (exact) mass is 291 g/mol. The average Bonchev–Trinajstić information content (AvgIpc) is 2.50. The summed E-state index contributed by atoms with van der Waals surface area (Å²) < 4.78 is 10.9. The summed E-state index contributed by atoms with van der Waals surface area (Å²) in [5.41, 5.74) is 2.26. The second-order valence-electron chi connectivity index (χ2n) is 5.68. The molecule has 0 aliphatic carbocycles. The van der Waals surface area contributed by atoms with Gasteiger partial charge in [0.2, 0.25) is 0 Å². The van der Waals surface area contributed by atoms with Gasteiger partial charge in [-0.05, 0) is 56.2 Å². The van der Waals surface area contributed by atoms with Crippen LogP contribution in [0.4, 0.5) is 0 Å². The maximum Gasteiger partial charge on any atom is 0.257 e. The molecule has 0 saturated carbocycles. The van der Waals surface area contributed by atoms with E-state index >= 15 is 0 Å². The number of carbonyl (C=O) groups is 1. The average molecular weight is 291 g/mol. The third-order valence-corrected chi connectivity index (χ3v) is 4.13. The van der Waals surface area contributed by atoms with E-state index < -0.39 is 0 Å². The molecule has 1 aliphatic heterocycles. The molecular weight excluding hydrogens is 266 g/mol. The van der Waals surface area contributed by atoms with Crippen LogP contribution in [0.25, 0.3) is 0 Å². The molecule has 0 aromatic heterocycles. The number of ether oxygens (including phenoxy) is 2. The highest BCUT2D eigenvalue weighted by molar-refractivity contribution is 5.77. The van der Waals surface area contributed by atoms with E-state index in [1.54, 1.807) is 0 Å². The van der Waals surface area contributed by atoms with Crippen LogP contribution in [0.15, 0.2) is 18.2 Å². The van der Waals surface area contributed by atoms with Gasteiger partial charge in [0.25, 0.3) is 5.91 Å². The Labute approximate surface area is 126 Å². The minimum absolute atomic E-state index is 0.0528. The van der Waals surface area contributed by atoms with Gasteiger partial charge in [-0.2, -0.15) is 0 Å². The van der Waals surface area contributed by atoms with Gasteiger partial charge < -0.3 is 14.8 Å². The Morgan fingerprint density at radius 1 is 1.33 bits per heavy atom. The second-order valence-corrected chi connectivity index (χ2v) is 5.68. The molecule has 1 aromatic carbocycles. The largest absolute Gasteiger partial charge is 0.483 e. The van der Waals surface area contributed by atoms with Crippen molar-refractivity contribution in [2.45, 2.75) is 33.1 Å². The van der Waals surface area contributed by atoms with Crippen LogP contribution < -0.4 is 10.1 Å². The summed E-state index contributed by atoms with van der Waals surface area (Å²) in [7, 11) is 0. The molecule has 21 heavy (non-hydrogen) atoms. The van der Waals surface area contributed by atoms with Crippen LogP contribution in [0.1, 0.15) is 30.4 Å². The van der Waals surface area contributed by atoms with Crippen molar-refractivity contribution in [3.8, 4) is 5.75 Å². The zero-order valence-electron chi connectivity index (χ0n) is 13.0. The number of carbonyl (C=O) groups excluding carboxylic acids is 1. The number of amides is 1. The van der Waals surface area contributed by atoms with E-state index in [0.29, 0.717) is 5.92 Å². The van der Waals surface area contributed by atoms with Crippen LogP contribution in [0.5, 0.6) is 5.75 Å². The predicted octanol–water partition coefficient (Wildman–Crippen LogP) is 2.62. The van der Waals surface area contributed by atoms with Gasteiger partial charge in [0, 0.05) is 19.8 Å². The Hall–Kier alpha value is -1.55. The summed E-state index contributed by atoms with van der Waals surface area (Å²) in [5, 5.41) is 2.93. The van der Waals surface area contributed by atoms with Crippen LogP contribution in [-0.2, 0) is 9.53 Å². The van der Waals surface area contributed by atoms with Crippen molar-refractivity contribution in [3.05, 3.63) is 29.3 Å². The molecule has 1 N–H and O–H groups in total. The quantitative estimate of drug-likeness (QED) is 0.876. The number of benzene rings is 1. The lowest BCUT2D eigenvalue weighted by Gasteiger charge is -2.21. The zero-order chi connectivity index (χ0) is 15.1. The van der Waals surface area contributed by atoms with Crippen molar-refractivity contribution in [2.75, 3.05) is 26.4 Å². The molecule has 1 aromatic rings. The predicted molar refractivity (Wildman–Crippen MR) is 82.6 cm³/mol. The molecule has 1 amide bonds. The molecule has 0 atom stereocenters. The maximum atomic E-state index is 11.8. The van der Waals surface area contributed by atoms with Crippen molar-refractivity contribution < 1.29 is 14.3 Å². The van der Waals surface area contributed by atoms with E-state index in [-0.39, 0.29) is 12.5 Å². The molecule has 0 radical (unpaired) electrons. The molecule has 0 bridgehead atoms. The second kappa shape index (κ2) is 8.03. The maximum absolute atomic E-state index is 11.8. The topological polar surface area (TPSA) is 47.6 Å². The van der Waals surface area contributed by atoms with Crippen LogP contribution in [0.2, 0.25) is 0 Å². The zero-order valence-corrected chi connectivity index (χ0v) is 13.0. The third-order valence-electron chi connectivity index (χ3n) is 4.13. The van der Waals surface area contributed by atoms with Crippen LogP contribution >= 0.6 is 0 Å². The van der Waals surface area contributed by atoms with E-state index in [2.05, 4.69) is 5.32 Å². The molecule has 4 heteroatoms. The first-order valence-electron chi connectivity index (χ1n) is 7.70. The third kappa shape index (κ3) is 5.05. The van der Waals surface area contributed by atoms with E-state index in [9.17, 15) is 4.79 Å². The Bertz CT molecular complexity index is 467. The van der Waals surface area contributed by atoms with Gasteiger partial charge in [-0.3, -0.25) is 4.79 Å². The summed E-state index contributed by atoms with van der Waals surface area (Å²) in [5.74, 6) is 1.41. The molecule has 0 unspecified atom stereocenters. The fourth-order valence-corrected chi connectivity index (χ4v) is 2.53. The number of nitrogens with one attached hydrogen (secondary N) is 1. The lowest BCUT2D eigenvalue weighted by atomic mass is 9.97. The van der Waals surface area contributed by atoms with Crippen LogP contribution in [-0.4, -0.2) is 32.3 Å². The fourth-order valence-electron chi connectivity index (χ4n) is 2.53. The number of hydrogen-bond acceptors (Lipinski definition) is 3. The minimum atomic E-state index is -0.0528. The highest BCUT2D eigenvalue weighted by atomic mass is 16.5. The standard InChI is InChI=1S/C17H25NO3/c1-13-4-3-5-16(14(13)2)21-12-17(19)18-9-6-15-7-10-20-11-8-15/h3-5,15H,6-12H2,1-2H3,(H,18,19). The molecule has 1 fully saturated rings. The summed E-state index contributed by atoms with van der Waals surface area (Å²) in [6, 6.07) is 5.88. The number of aryl methyl sites for hydroxylation is 1. The molecular formula is C17H25NO3. The van der Waals surface area contributed by atoms with Crippen molar-refractivity contribution in [3.63, 3.8) is 0 Å². The first-order chi connectivity index (χ1) is 10.2. The van der Waals surface area contributed by atoms with Gasteiger partial charge in [0.1, 0.15) is 5.75 Å². The lowest BCUT2D eigenvalue weighted by Crippen LogP contribution is -2.31. The summed E-state index contributed by atoms with van der Waals surface area (Å²) in [6.07, 6.45) is 3.24. The van der Waals surface area contributed by atoms with Gasteiger partial charge in [0.05, 0.1) is 0 Å². The Balaban J connectivity index is 1.66. The minimum Gasteiger partial charge on any atom is -0.483 e. The van der Waals surface area contributed by atoms with Crippen molar-refractivity contribution in [1.82, 2.24) is 5.32 Å². The van der Waals surface area contributed by atoms with Gasteiger partial charge in [-0.25, -0.2) is 0 Å². The van der Waals surface area contributed by atoms with E-state index in [0.717, 1.165) is 50.3 Å². The molecule has 1 aliphatic rings. The highest BCUT2D eigenvalue weighted by Gasteiger charge is 2.13. The van der Waals surface area contributed by atoms with Gasteiger partial charge in [0.15, 0.2) is 6.61 Å². The SMILES string of the molecule is Cc1cccc(OCC(=O)NCCC2CCOCC2)c1C. The fraction of sp³-hybridized carbons (Fsp3) is 0.588. The normalized spacial score (nSPS) is 15.7. The first-order valence-corrected chi connectivity index (χ1v) is 7.70. The molecule has 1 heterocycles. The highest BCUT2D eigenvalue weighted by Crippen LogP contribution is 2.20. The van der Waals surface area contributed by atoms with Gasteiger partial charge >= 0.3 is 0 Å². The van der Waals surface area contributed by atoms with E-state index in [4.69, 9.17) is 9.47 Å². The van der Waals surface area contributed by atoms with E-state index in [1.165, 1.54) is 5.56 Å². The molecule has 116 valence electrons. The molecule has 2 rings (SSSR count). The molecule has 1 saturated heterocycles. The molecule has 4 nitrogen and oxygen atoms in total. The van der Waals surface area contributed by atoms with Crippen molar-refractivity contribution in [2.24, 2.45) is 5.92 Å². The Kier molecular flexibility index (Phi) is 6.05. The summed E-state index contributed by atoms with van der Waals surface area (Å²) in [4.78, 5) is 11.8. The number of hydrogen-bond donors (Lipinski definition) is 1. The summed E-state index contributed by atoms with van der Waals surface area (Å²) >= 11 is 0. The summed E-state index contributed by atoms with van der Waals surface area (Å²) in [6.45, 7) is 6.56. The van der Waals surface area contributed by atoms with Gasteiger partial charge in [-0.15, -0.1) is 0 Å². The van der Waals surface area contributed by atoms with Crippen molar-refractivity contribution in [1.29, 1.82) is 0 Å². The van der Waals surface area contributed by atoms with Crippen LogP contribution in [0.3, 0.4) is 0 Å². The Morgan fingerprint density at radius 3 is 2.86 bits per heavy atom. The smallest absolute Gasteiger partial charge is 0.257 e. The number of rotatable bonds is 6. The Morgan fingerprint density at radius 2 is 2.10 bits per heavy atom. The van der Waals surface area contributed by atoms with Gasteiger partial charge in [-0.1, -0.05) is 12.1 Å². The first kappa shape index (κ1) is 15.8. The van der Waals surface area contributed by atoms with Crippen molar-refractivity contribution >= 4 is 5.91 Å². The van der Waals surface area contributed by atoms with Crippen LogP contribution in [0, 0.1) is 19.8 Å². The van der Waals surface area contributed by atoms with E-state index in [1.807, 2.05) is 32.0 Å².